The normalized spacial score (nSPS) is 10.4. The molecule has 0 saturated heterocycles. The van der Waals surface area contributed by atoms with Gasteiger partial charge in [-0.3, -0.25) is 4.79 Å². The van der Waals surface area contributed by atoms with E-state index < -0.39 is 0 Å². The van der Waals surface area contributed by atoms with Crippen molar-refractivity contribution in [3.05, 3.63) is 12.8 Å². The van der Waals surface area contributed by atoms with Gasteiger partial charge in [-0.15, -0.1) is 0 Å². The molecule has 2 heteroatoms. The molecular formula is C14H26O2. The van der Waals surface area contributed by atoms with Crippen LogP contribution in [0.2, 0.25) is 0 Å². The predicted molar refractivity (Wildman–Crippen MR) is 68.1 cm³/mol. The summed E-state index contributed by atoms with van der Waals surface area (Å²) in [6, 6.07) is 0. The number of ether oxygens (including phenoxy) is 1. The van der Waals surface area contributed by atoms with Crippen LogP contribution in [0.25, 0.3) is 0 Å². The summed E-state index contributed by atoms with van der Waals surface area (Å²) in [6.45, 7) is 7.89. The Morgan fingerprint density at radius 3 is 2.25 bits per heavy atom. The van der Waals surface area contributed by atoms with Crippen molar-refractivity contribution < 1.29 is 9.53 Å². The Kier molecular flexibility index (Phi) is 10.2. The van der Waals surface area contributed by atoms with E-state index in [1.807, 2.05) is 0 Å². The molecule has 0 rings (SSSR count). The summed E-state index contributed by atoms with van der Waals surface area (Å²) < 4.78 is 4.64. The average Bonchev–Trinajstić information content (AvgIpc) is 2.22. The van der Waals surface area contributed by atoms with E-state index in [0.29, 0.717) is 6.42 Å². The Balaban J connectivity index is 3.09. The van der Waals surface area contributed by atoms with Crippen molar-refractivity contribution in [3.8, 4) is 0 Å². The lowest BCUT2D eigenvalue weighted by molar-refractivity contribution is -0.138. The molecule has 0 amide bonds. The third-order valence-electron chi connectivity index (χ3n) is 2.63. The maximum absolute atomic E-state index is 11.0. The maximum atomic E-state index is 11.0. The smallest absolute Gasteiger partial charge is 0.310 e. The Labute approximate surface area is 100 Å². The van der Waals surface area contributed by atoms with Gasteiger partial charge in [0.2, 0.25) is 0 Å². The van der Waals surface area contributed by atoms with E-state index in [1.54, 1.807) is 0 Å². The summed E-state index contributed by atoms with van der Waals surface area (Å²) in [7, 11) is 0. The number of esters is 1. The third-order valence-corrected chi connectivity index (χ3v) is 2.63. The summed E-state index contributed by atoms with van der Waals surface area (Å²) >= 11 is 0. The van der Waals surface area contributed by atoms with Crippen molar-refractivity contribution in [2.24, 2.45) is 5.92 Å². The van der Waals surface area contributed by atoms with Crippen LogP contribution >= 0.6 is 0 Å². The van der Waals surface area contributed by atoms with E-state index in [1.165, 1.54) is 38.4 Å². The van der Waals surface area contributed by atoms with Gasteiger partial charge in [0.25, 0.3) is 0 Å². The maximum Gasteiger partial charge on any atom is 0.310 e. The number of rotatable bonds is 10. The van der Waals surface area contributed by atoms with Crippen molar-refractivity contribution in [1.29, 1.82) is 0 Å². The van der Waals surface area contributed by atoms with Gasteiger partial charge in [-0.25, -0.2) is 0 Å². The van der Waals surface area contributed by atoms with Crippen LogP contribution in [0, 0.1) is 5.92 Å². The second kappa shape index (κ2) is 10.7. The molecule has 0 N–H and O–H groups in total. The molecule has 0 bridgehead atoms. The fourth-order valence-electron chi connectivity index (χ4n) is 1.68. The highest BCUT2D eigenvalue weighted by molar-refractivity contribution is 5.69. The zero-order chi connectivity index (χ0) is 12.2. The highest BCUT2D eigenvalue weighted by Gasteiger charge is 2.00. The Hall–Kier alpha value is -0.790. The van der Waals surface area contributed by atoms with Gasteiger partial charge in [0.15, 0.2) is 0 Å². The van der Waals surface area contributed by atoms with E-state index >= 15 is 0 Å². The summed E-state index contributed by atoms with van der Waals surface area (Å²) in [4.78, 5) is 11.0. The molecule has 0 fully saturated rings. The van der Waals surface area contributed by atoms with E-state index in [4.69, 9.17) is 0 Å². The molecule has 0 unspecified atom stereocenters. The second-order valence-corrected chi connectivity index (χ2v) is 4.71. The SMILES string of the molecule is C=COC(=O)CCCCCCCCC(C)C. The fraction of sp³-hybridized carbons (Fsp3) is 0.786. The van der Waals surface area contributed by atoms with Crippen molar-refractivity contribution in [2.45, 2.75) is 65.2 Å². The van der Waals surface area contributed by atoms with Crippen molar-refractivity contribution in [3.63, 3.8) is 0 Å². The van der Waals surface area contributed by atoms with Gasteiger partial charge < -0.3 is 4.74 Å². The lowest BCUT2D eigenvalue weighted by Gasteiger charge is -2.04. The number of hydrogen-bond donors (Lipinski definition) is 0. The van der Waals surface area contributed by atoms with E-state index in [2.05, 4.69) is 25.2 Å². The van der Waals surface area contributed by atoms with Crippen LogP contribution in [-0.2, 0) is 9.53 Å². The lowest BCUT2D eigenvalue weighted by Crippen LogP contribution is -1.98. The van der Waals surface area contributed by atoms with Crippen LogP contribution in [0.5, 0.6) is 0 Å². The first-order chi connectivity index (χ1) is 7.66. The zero-order valence-corrected chi connectivity index (χ0v) is 10.8. The molecule has 0 radical (unpaired) electrons. The van der Waals surface area contributed by atoms with E-state index in [-0.39, 0.29) is 5.97 Å². The molecule has 0 aromatic carbocycles. The minimum atomic E-state index is -0.158. The van der Waals surface area contributed by atoms with E-state index in [0.717, 1.165) is 18.8 Å². The van der Waals surface area contributed by atoms with Gasteiger partial charge in [-0.2, -0.15) is 0 Å². The van der Waals surface area contributed by atoms with Crippen molar-refractivity contribution >= 4 is 5.97 Å². The van der Waals surface area contributed by atoms with E-state index in [9.17, 15) is 4.79 Å². The highest BCUT2D eigenvalue weighted by atomic mass is 16.5. The molecule has 0 aliphatic rings. The second-order valence-electron chi connectivity index (χ2n) is 4.71. The summed E-state index contributed by atoms with van der Waals surface area (Å²) in [5.74, 6) is 0.670. The standard InChI is InChI=1S/C14H26O2/c1-4-16-14(15)12-10-8-6-5-7-9-11-13(2)3/h4,13H,1,5-12H2,2-3H3. The van der Waals surface area contributed by atoms with Crippen LogP contribution in [0.15, 0.2) is 12.8 Å². The minimum Gasteiger partial charge on any atom is -0.435 e. The van der Waals surface area contributed by atoms with Gasteiger partial charge in [-0.1, -0.05) is 59.0 Å². The molecular weight excluding hydrogens is 200 g/mol. The highest BCUT2D eigenvalue weighted by Crippen LogP contribution is 2.12. The first-order valence-corrected chi connectivity index (χ1v) is 6.47. The molecule has 0 saturated carbocycles. The van der Waals surface area contributed by atoms with Gasteiger partial charge in [0.05, 0.1) is 6.26 Å². The lowest BCUT2D eigenvalue weighted by atomic mass is 10.0. The first kappa shape index (κ1) is 15.2. The number of unbranched alkanes of at least 4 members (excludes halogenated alkanes) is 5. The molecule has 94 valence electrons. The molecule has 2 nitrogen and oxygen atoms in total. The fourth-order valence-corrected chi connectivity index (χ4v) is 1.68. The van der Waals surface area contributed by atoms with Gasteiger partial charge in [0, 0.05) is 6.42 Å². The van der Waals surface area contributed by atoms with Crippen molar-refractivity contribution in [2.75, 3.05) is 0 Å². The Morgan fingerprint density at radius 2 is 1.69 bits per heavy atom. The predicted octanol–water partition coefficient (Wildman–Crippen LogP) is 4.45. The van der Waals surface area contributed by atoms with Crippen LogP contribution in [0.1, 0.15) is 65.2 Å². The van der Waals surface area contributed by atoms with Crippen molar-refractivity contribution in [1.82, 2.24) is 0 Å². The molecule has 0 aromatic heterocycles. The molecule has 16 heavy (non-hydrogen) atoms. The first-order valence-electron chi connectivity index (χ1n) is 6.47. The molecule has 0 heterocycles. The Bertz CT molecular complexity index is 185. The van der Waals surface area contributed by atoms with Gasteiger partial charge in [-0.05, 0) is 12.3 Å². The van der Waals surface area contributed by atoms with Crippen LogP contribution in [0.4, 0.5) is 0 Å². The number of carbonyl (C=O) groups is 1. The van der Waals surface area contributed by atoms with Gasteiger partial charge in [0.1, 0.15) is 0 Å². The largest absolute Gasteiger partial charge is 0.435 e. The number of hydrogen-bond acceptors (Lipinski definition) is 2. The monoisotopic (exact) mass is 226 g/mol. The molecule has 0 aliphatic carbocycles. The topological polar surface area (TPSA) is 26.3 Å². The van der Waals surface area contributed by atoms with Crippen LogP contribution in [0.3, 0.4) is 0 Å². The van der Waals surface area contributed by atoms with Crippen LogP contribution < -0.4 is 0 Å². The summed E-state index contributed by atoms with van der Waals surface area (Å²) in [6.07, 6.45) is 10.3. The number of carbonyl (C=O) groups excluding carboxylic acids is 1. The molecule has 0 atom stereocenters. The third kappa shape index (κ3) is 11.3. The average molecular weight is 226 g/mol. The van der Waals surface area contributed by atoms with Crippen LogP contribution in [-0.4, -0.2) is 5.97 Å². The molecule has 0 aromatic rings. The summed E-state index contributed by atoms with van der Waals surface area (Å²) in [5, 5.41) is 0. The zero-order valence-electron chi connectivity index (χ0n) is 10.8. The van der Waals surface area contributed by atoms with Gasteiger partial charge >= 0.3 is 5.97 Å². The minimum absolute atomic E-state index is 0.158. The molecule has 0 aliphatic heterocycles. The quantitative estimate of drug-likeness (QED) is 0.312. The molecule has 0 spiro atoms. The Morgan fingerprint density at radius 1 is 1.12 bits per heavy atom. The summed E-state index contributed by atoms with van der Waals surface area (Å²) in [5.41, 5.74) is 0.